The average molecular weight is 313 g/mol. The zero-order chi connectivity index (χ0) is 15.2. The average Bonchev–Trinajstić information content (AvgIpc) is 2.49. The molecule has 0 radical (unpaired) electrons. The first-order chi connectivity index (χ1) is 10.1. The molecular weight excluding hydrogens is 292 g/mol. The van der Waals surface area contributed by atoms with Crippen molar-refractivity contribution in [3.63, 3.8) is 0 Å². The fourth-order valence-electron chi connectivity index (χ4n) is 2.98. The van der Waals surface area contributed by atoms with Gasteiger partial charge in [-0.2, -0.15) is 0 Å². The monoisotopic (exact) mass is 312 g/mol. The quantitative estimate of drug-likeness (QED) is 0.625. The van der Waals surface area contributed by atoms with Crippen molar-refractivity contribution in [2.24, 2.45) is 11.8 Å². The number of rotatable bonds is 6. The van der Waals surface area contributed by atoms with Crippen molar-refractivity contribution >= 4 is 17.3 Å². The van der Waals surface area contributed by atoms with E-state index in [-0.39, 0.29) is 12.3 Å². The molecule has 5 nitrogen and oxygen atoms in total. The zero-order valence-corrected chi connectivity index (χ0v) is 12.7. The number of benzene rings is 1. The van der Waals surface area contributed by atoms with E-state index in [1.807, 2.05) is 0 Å². The first kappa shape index (κ1) is 16.2. The number of aliphatic hydroxyl groups excluding tert-OH is 1. The van der Waals surface area contributed by atoms with Crippen LogP contribution in [0.1, 0.15) is 31.2 Å². The van der Waals surface area contributed by atoms with Gasteiger partial charge in [0.2, 0.25) is 0 Å². The molecule has 6 heteroatoms. The molecule has 1 aromatic rings. The fraction of sp³-hybridized carbons (Fsp3) is 0.600. The van der Waals surface area contributed by atoms with Crippen molar-refractivity contribution in [2.45, 2.75) is 32.2 Å². The molecule has 0 amide bonds. The molecule has 21 heavy (non-hydrogen) atoms. The minimum Gasteiger partial charge on any atom is -0.396 e. The van der Waals surface area contributed by atoms with E-state index in [0.29, 0.717) is 23.4 Å². The van der Waals surface area contributed by atoms with Crippen molar-refractivity contribution < 1.29 is 10.0 Å². The maximum atomic E-state index is 10.7. The van der Waals surface area contributed by atoms with Crippen LogP contribution >= 0.6 is 11.6 Å². The van der Waals surface area contributed by atoms with Crippen LogP contribution in [0.25, 0.3) is 0 Å². The zero-order valence-electron chi connectivity index (χ0n) is 11.9. The maximum Gasteiger partial charge on any atom is 0.270 e. The number of nitrogens with zero attached hydrogens (tertiary/aromatic N) is 1. The highest BCUT2D eigenvalue weighted by Gasteiger charge is 2.23. The van der Waals surface area contributed by atoms with Gasteiger partial charge >= 0.3 is 0 Å². The van der Waals surface area contributed by atoms with E-state index in [0.717, 1.165) is 24.9 Å². The number of nitro groups is 1. The summed E-state index contributed by atoms with van der Waals surface area (Å²) in [5.74, 6) is 0.888. The number of hydrogen-bond donors (Lipinski definition) is 2. The van der Waals surface area contributed by atoms with Gasteiger partial charge in [-0.1, -0.05) is 24.4 Å². The van der Waals surface area contributed by atoms with Crippen molar-refractivity contribution in [3.8, 4) is 0 Å². The lowest BCUT2D eigenvalue weighted by atomic mass is 9.79. The molecule has 2 rings (SSSR count). The third kappa shape index (κ3) is 4.40. The van der Waals surface area contributed by atoms with Gasteiger partial charge in [0.05, 0.1) is 9.95 Å². The molecular formula is C15H21ClN2O3. The van der Waals surface area contributed by atoms with Gasteiger partial charge in [-0.25, -0.2) is 0 Å². The standard InChI is InChI=1S/C15H21ClN2O3/c16-15-7-14(18(20)21)6-5-12(15)9-17-8-11-3-1-2-4-13(11)10-19/h5-7,11,13,17,19H,1-4,8-10H2. The molecule has 1 aromatic carbocycles. The van der Waals surface area contributed by atoms with Crippen LogP contribution in [0.2, 0.25) is 5.02 Å². The highest BCUT2D eigenvalue weighted by atomic mass is 35.5. The van der Waals surface area contributed by atoms with Crippen LogP contribution in [0.3, 0.4) is 0 Å². The van der Waals surface area contributed by atoms with Gasteiger partial charge in [-0.3, -0.25) is 10.1 Å². The van der Waals surface area contributed by atoms with Crippen LogP contribution in [-0.4, -0.2) is 23.2 Å². The molecule has 0 aliphatic heterocycles. The molecule has 1 saturated carbocycles. The molecule has 2 atom stereocenters. The third-order valence-corrected chi connectivity index (χ3v) is 4.62. The Bertz CT molecular complexity index is 496. The Kier molecular flexibility index (Phi) is 5.96. The highest BCUT2D eigenvalue weighted by molar-refractivity contribution is 6.31. The van der Waals surface area contributed by atoms with Gasteiger partial charge in [0.15, 0.2) is 0 Å². The second kappa shape index (κ2) is 7.73. The summed E-state index contributed by atoms with van der Waals surface area (Å²) in [5.41, 5.74) is 0.870. The number of nitrogens with one attached hydrogen (secondary N) is 1. The molecule has 1 aliphatic rings. The van der Waals surface area contributed by atoms with Gasteiger partial charge < -0.3 is 10.4 Å². The number of nitro benzene ring substituents is 1. The number of halogens is 1. The maximum absolute atomic E-state index is 10.7. The molecule has 2 unspecified atom stereocenters. The Balaban J connectivity index is 1.87. The first-order valence-corrected chi connectivity index (χ1v) is 7.74. The molecule has 0 aromatic heterocycles. The predicted molar refractivity (Wildman–Crippen MR) is 82.3 cm³/mol. The predicted octanol–water partition coefficient (Wildman–Crippen LogP) is 3.14. The van der Waals surface area contributed by atoms with Gasteiger partial charge in [0, 0.05) is 25.3 Å². The lowest BCUT2D eigenvalue weighted by Crippen LogP contribution is -2.32. The molecule has 1 aliphatic carbocycles. The Morgan fingerprint density at radius 1 is 1.33 bits per heavy atom. The Hall–Kier alpha value is -1.17. The van der Waals surface area contributed by atoms with E-state index >= 15 is 0 Å². The van der Waals surface area contributed by atoms with Gasteiger partial charge in [-0.15, -0.1) is 0 Å². The second-order valence-corrected chi connectivity index (χ2v) is 6.06. The summed E-state index contributed by atoms with van der Waals surface area (Å²) in [4.78, 5) is 10.2. The first-order valence-electron chi connectivity index (χ1n) is 7.36. The summed E-state index contributed by atoms with van der Waals surface area (Å²) in [6.07, 6.45) is 4.67. The number of hydrogen-bond acceptors (Lipinski definition) is 4. The normalized spacial score (nSPS) is 22.2. The van der Waals surface area contributed by atoms with E-state index in [1.165, 1.54) is 25.0 Å². The topological polar surface area (TPSA) is 75.4 Å². The van der Waals surface area contributed by atoms with Gasteiger partial charge in [-0.05, 0) is 42.9 Å². The molecule has 2 N–H and O–H groups in total. The summed E-state index contributed by atoms with van der Waals surface area (Å²) < 4.78 is 0. The van der Waals surface area contributed by atoms with Gasteiger partial charge in [0.25, 0.3) is 5.69 Å². The SMILES string of the molecule is O=[N+]([O-])c1ccc(CNCC2CCCCC2CO)c(Cl)c1. The summed E-state index contributed by atoms with van der Waals surface area (Å²) in [5, 5.41) is 23.8. The summed E-state index contributed by atoms with van der Waals surface area (Å²) in [7, 11) is 0. The third-order valence-electron chi connectivity index (χ3n) is 4.27. The van der Waals surface area contributed by atoms with Crippen LogP contribution in [0, 0.1) is 22.0 Å². The van der Waals surface area contributed by atoms with Crippen LogP contribution in [0.5, 0.6) is 0 Å². The molecule has 0 heterocycles. The summed E-state index contributed by atoms with van der Waals surface area (Å²) in [6.45, 7) is 1.69. The molecule has 0 bridgehead atoms. The van der Waals surface area contributed by atoms with Crippen molar-refractivity contribution in [1.29, 1.82) is 0 Å². The van der Waals surface area contributed by atoms with E-state index in [4.69, 9.17) is 11.6 Å². The fourth-order valence-corrected chi connectivity index (χ4v) is 3.22. The molecule has 0 spiro atoms. The summed E-state index contributed by atoms with van der Waals surface area (Å²) >= 11 is 6.07. The number of non-ortho nitro benzene ring substituents is 1. The lowest BCUT2D eigenvalue weighted by molar-refractivity contribution is -0.384. The lowest BCUT2D eigenvalue weighted by Gasteiger charge is -2.30. The van der Waals surface area contributed by atoms with Gasteiger partial charge in [0.1, 0.15) is 0 Å². The number of aliphatic hydroxyl groups is 1. The van der Waals surface area contributed by atoms with E-state index in [2.05, 4.69) is 5.32 Å². The van der Waals surface area contributed by atoms with Crippen LogP contribution in [0.4, 0.5) is 5.69 Å². The van der Waals surface area contributed by atoms with E-state index < -0.39 is 4.92 Å². The Labute approximate surface area is 129 Å². The van der Waals surface area contributed by atoms with E-state index in [1.54, 1.807) is 6.07 Å². The minimum atomic E-state index is -0.447. The Morgan fingerprint density at radius 3 is 2.67 bits per heavy atom. The van der Waals surface area contributed by atoms with Crippen LogP contribution < -0.4 is 5.32 Å². The largest absolute Gasteiger partial charge is 0.396 e. The van der Waals surface area contributed by atoms with E-state index in [9.17, 15) is 15.2 Å². The van der Waals surface area contributed by atoms with Crippen molar-refractivity contribution in [3.05, 3.63) is 38.9 Å². The van der Waals surface area contributed by atoms with Crippen molar-refractivity contribution in [1.82, 2.24) is 5.32 Å². The Morgan fingerprint density at radius 2 is 2.05 bits per heavy atom. The highest BCUT2D eigenvalue weighted by Crippen LogP contribution is 2.29. The molecule has 116 valence electrons. The van der Waals surface area contributed by atoms with Crippen LogP contribution in [0.15, 0.2) is 18.2 Å². The molecule has 1 fully saturated rings. The summed E-state index contributed by atoms with van der Waals surface area (Å²) in [6, 6.07) is 4.55. The minimum absolute atomic E-state index is 0.0105. The smallest absolute Gasteiger partial charge is 0.270 e. The second-order valence-electron chi connectivity index (χ2n) is 5.65. The molecule has 0 saturated heterocycles. The van der Waals surface area contributed by atoms with Crippen molar-refractivity contribution in [2.75, 3.05) is 13.2 Å². The van der Waals surface area contributed by atoms with Crippen LogP contribution in [-0.2, 0) is 6.54 Å².